The van der Waals surface area contributed by atoms with Crippen LogP contribution in [0.3, 0.4) is 0 Å². The molecule has 0 fully saturated rings. The van der Waals surface area contributed by atoms with E-state index in [2.05, 4.69) is 4.98 Å². The maximum atomic E-state index is 12.6. The van der Waals surface area contributed by atoms with Gasteiger partial charge >= 0.3 is 0 Å². The number of aryl methyl sites for hydroxylation is 1. The van der Waals surface area contributed by atoms with Crippen molar-refractivity contribution in [2.24, 2.45) is 0 Å². The number of halogens is 1. The van der Waals surface area contributed by atoms with Crippen LogP contribution in [0.2, 0.25) is 5.02 Å². The fourth-order valence-corrected chi connectivity index (χ4v) is 2.73. The molecule has 0 radical (unpaired) electrons. The molecular weight excluding hydrogens is 260 g/mol. The van der Waals surface area contributed by atoms with E-state index in [-0.39, 0.29) is 5.91 Å². The van der Waals surface area contributed by atoms with Gasteiger partial charge in [0, 0.05) is 35.2 Å². The number of hydrogen-bond acceptors (Lipinski definition) is 2. The lowest BCUT2D eigenvalue weighted by molar-refractivity contribution is 0.0988. The molecule has 19 heavy (non-hydrogen) atoms. The van der Waals surface area contributed by atoms with Gasteiger partial charge in [0.1, 0.15) is 0 Å². The van der Waals surface area contributed by atoms with E-state index in [9.17, 15) is 4.79 Å². The molecule has 3 nitrogen and oxygen atoms in total. The summed E-state index contributed by atoms with van der Waals surface area (Å²) in [7, 11) is 0. The highest BCUT2D eigenvalue weighted by Crippen LogP contribution is 2.34. The third-order valence-corrected chi connectivity index (χ3v) is 3.82. The summed E-state index contributed by atoms with van der Waals surface area (Å²) in [6, 6.07) is 7.46. The Bertz CT molecular complexity index is 654. The normalized spacial score (nSPS) is 13.5. The molecule has 1 amide bonds. The second-order valence-corrected chi connectivity index (χ2v) is 5.04. The number of carbonyl (C=O) groups is 1. The van der Waals surface area contributed by atoms with Gasteiger partial charge < -0.3 is 4.90 Å². The van der Waals surface area contributed by atoms with Crippen molar-refractivity contribution in [3.8, 4) is 0 Å². The van der Waals surface area contributed by atoms with Gasteiger partial charge in [0.15, 0.2) is 0 Å². The molecule has 0 saturated heterocycles. The predicted octanol–water partition coefficient (Wildman–Crippen LogP) is 3.25. The molecule has 0 atom stereocenters. The summed E-state index contributed by atoms with van der Waals surface area (Å²) in [4.78, 5) is 18.4. The summed E-state index contributed by atoms with van der Waals surface area (Å²) in [5.74, 6) is 0.0147. The zero-order chi connectivity index (χ0) is 13.4. The van der Waals surface area contributed by atoms with Crippen molar-refractivity contribution >= 4 is 23.2 Å². The second kappa shape index (κ2) is 4.67. The predicted molar refractivity (Wildman–Crippen MR) is 75.8 cm³/mol. The van der Waals surface area contributed by atoms with Crippen molar-refractivity contribution in [1.82, 2.24) is 4.98 Å². The lowest BCUT2D eigenvalue weighted by atomic mass is 10.1. The van der Waals surface area contributed by atoms with E-state index >= 15 is 0 Å². The van der Waals surface area contributed by atoms with Crippen LogP contribution in [0.25, 0.3) is 0 Å². The van der Waals surface area contributed by atoms with Crippen LogP contribution in [0.1, 0.15) is 21.5 Å². The molecular formula is C15H13ClN2O. The molecule has 0 unspecified atom stereocenters. The Kier molecular flexibility index (Phi) is 2.99. The van der Waals surface area contributed by atoms with Crippen LogP contribution in [0.5, 0.6) is 0 Å². The third kappa shape index (κ3) is 2.00. The van der Waals surface area contributed by atoms with Gasteiger partial charge in [-0.3, -0.25) is 9.78 Å². The highest BCUT2D eigenvalue weighted by Gasteiger charge is 2.27. The average Bonchev–Trinajstić information content (AvgIpc) is 2.84. The van der Waals surface area contributed by atoms with E-state index in [0.29, 0.717) is 12.1 Å². The Labute approximate surface area is 116 Å². The number of benzene rings is 1. The van der Waals surface area contributed by atoms with Crippen LogP contribution in [-0.4, -0.2) is 17.4 Å². The van der Waals surface area contributed by atoms with Crippen LogP contribution in [-0.2, 0) is 6.42 Å². The molecule has 0 saturated carbocycles. The number of carbonyl (C=O) groups excluding carboxylic acids is 1. The van der Waals surface area contributed by atoms with Gasteiger partial charge in [-0.1, -0.05) is 17.7 Å². The number of nitrogens with zero attached hydrogens (tertiary/aromatic N) is 2. The summed E-state index contributed by atoms with van der Waals surface area (Å²) in [6.45, 7) is 2.58. The standard InChI is InChI=1S/C15H13ClN2O/c1-10-9-17-7-5-11(10)15(19)18-8-6-12-13(16)3-2-4-14(12)18/h2-5,7,9H,6,8H2,1H3. The second-order valence-electron chi connectivity index (χ2n) is 4.63. The van der Waals surface area contributed by atoms with Crippen molar-refractivity contribution in [2.75, 3.05) is 11.4 Å². The minimum Gasteiger partial charge on any atom is -0.308 e. The van der Waals surface area contributed by atoms with E-state index in [1.807, 2.05) is 25.1 Å². The lowest BCUT2D eigenvalue weighted by Crippen LogP contribution is -2.29. The lowest BCUT2D eigenvalue weighted by Gasteiger charge is -2.18. The van der Waals surface area contributed by atoms with E-state index in [1.54, 1.807) is 23.4 Å². The molecule has 0 aliphatic carbocycles. The Morgan fingerprint density at radius 3 is 3.00 bits per heavy atom. The Morgan fingerprint density at radius 1 is 1.37 bits per heavy atom. The van der Waals surface area contributed by atoms with Gasteiger partial charge in [-0.25, -0.2) is 0 Å². The molecule has 0 bridgehead atoms. The van der Waals surface area contributed by atoms with Gasteiger partial charge in [0.05, 0.1) is 0 Å². The fourth-order valence-electron chi connectivity index (χ4n) is 2.46. The maximum Gasteiger partial charge on any atom is 0.258 e. The van der Waals surface area contributed by atoms with E-state index in [4.69, 9.17) is 11.6 Å². The molecule has 1 aromatic heterocycles. The molecule has 1 aliphatic rings. The zero-order valence-electron chi connectivity index (χ0n) is 10.6. The quantitative estimate of drug-likeness (QED) is 0.798. The number of hydrogen-bond donors (Lipinski definition) is 0. The van der Waals surface area contributed by atoms with Gasteiger partial charge in [-0.05, 0) is 42.7 Å². The number of pyridine rings is 1. The molecule has 96 valence electrons. The van der Waals surface area contributed by atoms with Crippen LogP contribution in [0, 0.1) is 6.92 Å². The smallest absolute Gasteiger partial charge is 0.258 e. The average molecular weight is 273 g/mol. The zero-order valence-corrected chi connectivity index (χ0v) is 11.3. The van der Waals surface area contributed by atoms with Crippen LogP contribution in [0.4, 0.5) is 5.69 Å². The highest BCUT2D eigenvalue weighted by molar-refractivity contribution is 6.32. The SMILES string of the molecule is Cc1cnccc1C(=O)N1CCc2c(Cl)cccc21. The summed E-state index contributed by atoms with van der Waals surface area (Å²) >= 11 is 6.17. The fraction of sp³-hybridized carbons (Fsp3) is 0.200. The van der Waals surface area contributed by atoms with Crippen molar-refractivity contribution in [1.29, 1.82) is 0 Å². The molecule has 1 aliphatic heterocycles. The first kappa shape index (κ1) is 12.2. The van der Waals surface area contributed by atoms with Crippen LogP contribution in [0.15, 0.2) is 36.7 Å². The number of aromatic nitrogens is 1. The summed E-state index contributed by atoms with van der Waals surface area (Å²) in [6.07, 6.45) is 4.17. The summed E-state index contributed by atoms with van der Waals surface area (Å²) < 4.78 is 0. The van der Waals surface area contributed by atoms with Crippen molar-refractivity contribution in [3.05, 3.63) is 58.4 Å². The Hall–Kier alpha value is -1.87. The summed E-state index contributed by atoms with van der Waals surface area (Å²) in [5.41, 5.74) is 3.57. The first-order valence-electron chi connectivity index (χ1n) is 6.18. The van der Waals surface area contributed by atoms with Crippen LogP contribution >= 0.6 is 11.6 Å². The number of anilines is 1. The Balaban J connectivity index is 2.01. The molecule has 0 spiro atoms. The maximum absolute atomic E-state index is 12.6. The minimum atomic E-state index is 0.0147. The highest BCUT2D eigenvalue weighted by atomic mass is 35.5. The molecule has 1 aromatic carbocycles. The largest absolute Gasteiger partial charge is 0.308 e. The van der Waals surface area contributed by atoms with Crippen LogP contribution < -0.4 is 4.90 Å². The van der Waals surface area contributed by atoms with E-state index in [1.165, 1.54) is 0 Å². The van der Waals surface area contributed by atoms with Gasteiger partial charge in [-0.15, -0.1) is 0 Å². The van der Waals surface area contributed by atoms with Gasteiger partial charge in [-0.2, -0.15) is 0 Å². The number of fused-ring (bicyclic) bond motifs is 1. The van der Waals surface area contributed by atoms with Crippen molar-refractivity contribution < 1.29 is 4.79 Å². The number of amides is 1. The number of rotatable bonds is 1. The topological polar surface area (TPSA) is 33.2 Å². The van der Waals surface area contributed by atoms with Crippen molar-refractivity contribution in [3.63, 3.8) is 0 Å². The van der Waals surface area contributed by atoms with Crippen molar-refractivity contribution in [2.45, 2.75) is 13.3 Å². The molecule has 0 N–H and O–H groups in total. The summed E-state index contributed by atoms with van der Waals surface area (Å²) in [5, 5.41) is 0.735. The first-order chi connectivity index (χ1) is 9.18. The molecule has 4 heteroatoms. The minimum absolute atomic E-state index is 0.0147. The molecule has 2 aromatic rings. The molecule has 3 rings (SSSR count). The van der Waals surface area contributed by atoms with Gasteiger partial charge in [0.25, 0.3) is 5.91 Å². The first-order valence-corrected chi connectivity index (χ1v) is 6.56. The third-order valence-electron chi connectivity index (χ3n) is 3.47. The molecule has 2 heterocycles. The Morgan fingerprint density at radius 2 is 2.21 bits per heavy atom. The van der Waals surface area contributed by atoms with E-state index < -0.39 is 0 Å². The monoisotopic (exact) mass is 272 g/mol. The van der Waals surface area contributed by atoms with Gasteiger partial charge in [0.2, 0.25) is 0 Å². The van der Waals surface area contributed by atoms with E-state index in [0.717, 1.165) is 28.3 Å².